The zero-order chi connectivity index (χ0) is 13.1. The van der Waals surface area contributed by atoms with Crippen molar-refractivity contribution < 1.29 is 4.65 Å². The van der Waals surface area contributed by atoms with Gasteiger partial charge in [0, 0.05) is 6.61 Å². The topological polar surface area (TPSA) is 45.0 Å². The number of nitriles is 1. The number of rotatable bonds is 3. The van der Waals surface area contributed by atoms with Crippen molar-refractivity contribution in [2.45, 2.75) is 13.2 Å². The molecule has 0 saturated heterocycles. The predicted molar refractivity (Wildman–Crippen MR) is 75.5 cm³/mol. The molecule has 1 atom stereocenters. The summed E-state index contributed by atoms with van der Waals surface area (Å²) < 4.78 is 5.77. The van der Waals surface area contributed by atoms with Gasteiger partial charge >= 0.3 is 6.48 Å². The van der Waals surface area contributed by atoms with E-state index in [1.165, 1.54) is 0 Å². The molecule has 19 heavy (non-hydrogen) atoms. The Hall–Kier alpha value is -2.09. The maximum Gasteiger partial charge on any atom is 0.313 e. The van der Waals surface area contributed by atoms with Crippen LogP contribution in [0.25, 0.3) is 0 Å². The van der Waals surface area contributed by atoms with Crippen LogP contribution in [0.1, 0.15) is 11.1 Å². The van der Waals surface area contributed by atoms with Crippen LogP contribution < -0.4 is 10.7 Å². The normalized spacial score (nSPS) is 20.8. The van der Waals surface area contributed by atoms with E-state index in [9.17, 15) is 5.26 Å². The second-order valence-corrected chi connectivity index (χ2v) is 4.79. The van der Waals surface area contributed by atoms with Crippen LogP contribution in [0.15, 0.2) is 54.6 Å². The lowest BCUT2D eigenvalue weighted by molar-refractivity contribution is 0.312. The van der Waals surface area contributed by atoms with Gasteiger partial charge in [-0.1, -0.05) is 66.1 Å². The molecule has 0 aliphatic carbocycles. The molecule has 0 spiro atoms. The van der Waals surface area contributed by atoms with Crippen molar-refractivity contribution in [2.75, 3.05) is 0 Å². The van der Waals surface area contributed by atoms with Gasteiger partial charge in [0.15, 0.2) is 0 Å². The van der Waals surface area contributed by atoms with E-state index < -0.39 is 6.48 Å². The number of nitrogens with zero attached hydrogens (tertiary/aromatic N) is 1. The SMILES string of the molecule is N#C[B-]1(NCc2ccccc2)OCc2ccccc21. The summed E-state index contributed by atoms with van der Waals surface area (Å²) in [5, 5.41) is 12.8. The standard InChI is InChI=1S/C15H14BN2O/c17-12-16(18-10-13-6-2-1-3-7-13)15-9-5-4-8-14(15)11-19-16/h1-9,18H,10-11H2/q-1. The largest absolute Gasteiger partial charge is 0.560 e. The molecule has 3 rings (SSSR count). The van der Waals surface area contributed by atoms with Crippen LogP contribution in [0, 0.1) is 11.2 Å². The van der Waals surface area contributed by atoms with Gasteiger partial charge in [-0.05, 0) is 12.1 Å². The number of fused-ring (bicyclic) bond motifs is 1. The Balaban J connectivity index is 1.85. The lowest BCUT2D eigenvalue weighted by Gasteiger charge is -2.30. The summed E-state index contributed by atoms with van der Waals surface area (Å²) in [4.78, 5) is 0. The minimum Gasteiger partial charge on any atom is -0.560 e. The van der Waals surface area contributed by atoms with E-state index in [-0.39, 0.29) is 0 Å². The molecule has 1 aliphatic heterocycles. The molecule has 2 aromatic rings. The molecule has 3 nitrogen and oxygen atoms in total. The zero-order valence-corrected chi connectivity index (χ0v) is 10.5. The fraction of sp³-hybridized carbons (Fsp3) is 0.133. The smallest absolute Gasteiger partial charge is 0.313 e. The molecule has 0 fully saturated rings. The number of nitrogens with one attached hydrogen (secondary N) is 1. The van der Waals surface area contributed by atoms with Crippen molar-refractivity contribution in [1.29, 1.82) is 5.26 Å². The maximum absolute atomic E-state index is 9.53. The van der Waals surface area contributed by atoms with Crippen molar-refractivity contribution in [3.05, 3.63) is 65.7 Å². The fourth-order valence-corrected chi connectivity index (χ4v) is 2.55. The van der Waals surface area contributed by atoms with Gasteiger partial charge in [-0.25, -0.2) is 5.26 Å². The first-order valence-electron chi connectivity index (χ1n) is 6.41. The van der Waals surface area contributed by atoms with E-state index in [0.29, 0.717) is 13.2 Å². The molecule has 1 N–H and O–H groups in total. The summed E-state index contributed by atoms with van der Waals surface area (Å²) in [7, 11) is 0. The van der Waals surface area contributed by atoms with Crippen molar-refractivity contribution >= 4 is 11.9 Å². The van der Waals surface area contributed by atoms with Crippen LogP contribution in [0.5, 0.6) is 0 Å². The molecule has 94 valence electrons. The van der Waals surface area contributed by atoms with Crippen molar-refractivity contribution in [2.24, 2.45) is 0 Å². The summed E-state index contributed by atoms with van der Waals surface area (Å²) >= 11 is 0. The minimum absolute atomic E-state index is 0.505. The number of hydrogen-bond donors (Lipinski definition) is 1. The van der Waals surface area contributed by atoms with Crippen LogP contribution in [0.4, 0.5) is 0 Å². The molecule has 2 aromatic carbocycles. The lowest BCUT2D eigenvalue weighted by Crippen LogP contribution is -2.59. The van der Waals surface area contributed by atoms with E-state index in [2.05, 4.69) is 11.2 Å². The Morgan fingerprint density at radius 3 is 2.63 bits per heavy atom. The molecular formula is C15H14BN2O-. The quantitative estimate of drug-likeness (QED) is 0.842. The number of benzene rings is 2. The Labute approximate surface area is 112 Å². The molecule has 4 heteroatoms. The Morgan fingerprint density at radius 1 is 1.11 bits per heavy atom. The van der Waals surface area contributed by atoms with Gasteiger partial charge in [0.1, 0.15) is 0 Å². The van der Waals surface area contributed by atoms with Crippen molar-refractivity contribution in [3.63, 3.8) is 0 Å². The molecule has 0 bridgehead atoms. The third-order valence-electron chi connectivity index (χ3n) is 3.60. The highest BCUT2D eigenvalue weighted by Crippen LogP contribution is 2.17. The third kappa shape index (κ3) is 2.14. The van der Waals surface area contributed by atoms with Crippen LogP contribution in [0.2, 0.25) is 0 Å². The molecule has 0 amide bonds. The van der Waals surface area contributed by atoms with Gasteiger partial charge in [-0.3, -0.25) is 0 Å². The monoisotopic (exact) mass is 249 g/mol. The second kappa shape index (κ2) is 4.89. The summed E-state index contributed by atoms with van der Waals surface area (Å²) in [6, 6.07) is 18.0. The third-order valence-corrected chi connectivity index (χ3v) is 3.60. The molecule has 0 aromatic heterocycles. The number of hydrogen-bond acceptors (Lipinski definition) is 3. The van der Waals surface area contributed by atoms with Crippen LogP contribution >= 0.6 is 0 Å². The van der Waals surface area contributed by atoms with Gasteiger partial charge in [-0.15, -0.1) is 5.46 Å². The highest BCUT2D eigenvalue weighted by Gasteiger charge is 2.34. The van der Waals surface area contributed by atoms with E-state index in [4.69, 9.17) is 4.65 Å². The maximum atomic E-state index is 9.53. The van der Waals surface area contributed by atoms with Crippen LogP contribution in [-0.2, 0) is 17.8 Å². The van der Waals surface area contributed by atoms with E-state index in [1.807, 2.05) is 54.6 Å². The Bertz CT molecular complexity index is 624. The highest BCUT2D eigenvalue weighted by atomic mass is 16.5. The summed E-state index contributed by atoms with van der Waals surface area (Å²) in [6.45, 7) is -0.623. The lowest BCUT2D eigenvalue weighted by atomic mass is 9.48. The first kappa shape index (κ1) is 12.0. The van der Waals surface area contributed by atoms with E-state index >= 15 is 0 Å². The molecule has 1 unspecified atom stereocenters. The summed E-state index contributed by atoms with van der Waals surface area (Å²) in [5.41, 5.74) is 3.23. The summed E-state index contributed by atoms with van der Waals surface area (Å²) in [6.07, 6.45) is 0. The average Bonchev–Trinajstić information content (AvgIpc) is 2.86. The first-order valence-corrected chi connectivity index (χ1v) is 6.41. The van der Waals surface area contributed by atoms with Crippen molar-refractivity contribution in [3.8, 4) is 5.97 Å². The zero-order valence-electron chi connectivity index (χ0n) is 10.5. The Kier molecular flexibility index (Phi) is 3.08. The molecular weight excluding hydrogens is 235 g/mol. The molecule has 0 radical (unpaired) electrons. The molecule has 0 saturated carbocycles. The van der Waals surface area contributed by atoms with Gasteiger partial charge in [0.25, 0.3) is 0 Å². The van der Waals surface area contributed by atoms with E-state index in [0.717, 1.165) is 16.6 Å². The van der Waals surface area contributed by atoms with E-state index in [1.54, 1.807) is 0 Å². The molecule has 1 heterocycles. The van der Waals surface area contributed by atoms with Gasteiger partial charge < -0.3 is 9.88 Å². The fourth-order valence-electron chi connectivity index (χ4n) is 2.55. The van der Waals surface area contributed by atoms with Gasteiger partial charge in [-0.2, -0.15) is 0 Å². The van der Waals surface area contributed by atoms with Crippen LogP contribution in [0.3, 0.4) is 0 Å². The highest BCUT2D eigenvalue weighted by molar-refractivity contribution is 6.91. The molecule has 1 aliphatic rings. The van der Waals surface area contributed by atoms with Crippen molar-refractivity contribution in [1.82, 2.24) is 5.23 Å². The van der Waals surface area contributed by atoms with Gasteiger partial charge in [0.2, 0.25) is 0 Å². The average molecular weight is 249 g/mol. The minimum atomic E-state index is -1.76. The van der Waals surface area contributed by atoms with Gasteiger partial charge in [0.05, 0.1) is 0 Å². The van der Waals surface area contributed by atoms with Crippen LogP contribution in [-0.4, -0.2) is 6.48 Å². The second-order valence-electron chi connectivity index (χ2n) is 4.79. The predicted octanol–water partition coefficient (Wildman–Crippen LogP) is 1.72. The summed E-state index contributed by atoms with van der Waals surface area (Å²) in [5.74, 6) is 2.33. The Morgan fingerprint density at radius 2 is 1.84 bits per heavy atom. The first-order chi connectivity index (χ1) is 9.34.